The normalized spacial score (nSPS) is 12.0. The van der Waals surface area contributed by atoms with E-state index in [1.165, 1.54) is 5.39 Å². The van der Waals surface area contributed by atoms with Crippen molar-refractivity contribution < 1.29 is 9.53 Å². The van der Waals surface area contributed by atoms with Crippen molar-refractivity contribution in [3.8, 4) is 5.75 Å². The topological polar surface area (TPSA) is 56.2 Å². The molecule has 0 fully saturated rings. The molecule has 4 aromatic carbocycles. The number of benzene rings is 4. The molecule has 0 spiro atoms. The third-order valence-electron chi connectivity index (χ3n) is 5.99. The first-order chi connectivity index (χ1) is 16.7. The van der Waals surface area contributed by atoms with Gasteiger partial charge in [-0.05, 0) is 49.1 Å². The standard InChI is InChI=1S/C29H27N3O2/c1-21(30-29(33)23-12-3-2-4-13-23)28-31-25-16-7-8-17-26(25)32(28)19-10-20-34-27-18-9-14-22-11-5-6-15-24(22)27/h2-9,11-18,21H,10,19-20H2,1H3,(H,30,33). The fraction of sp³-hybridized carbons (Fsp3) is 0.172. The molecule has 1 unspecified atom stereocenters. The van der Waals surface area contributed by atoms with E-state index in [-0.39, 0.29) is 11.9 Å². The van der Waals surface area contributed by atoms with E-state index in [4.69, 9.17) is 9.72 Å². The number of imidazole rings is 1. The monoisotopic (exact) mass is 449 g/mol. The molecule has 0 saturated heterocycles. The number of carbonyl (C=O) groups excluding carboxylic acids is 1. The fourth-order valence-corrected chi connectivity index (χ4v) is 4.32. The fourth-order valence-electron chi connectivity index (χ4n) is 4.32. The highest BCUT2D eigenvalue weighted by molar-refractivity contribution is 5.94. The van der Waals surface area contributed by atoms with Gasteiger partial charge in [0.1, 0.15) is 11.6 Å². The zero-order chi connectivity index (χ0) is 23.3. The number of rotatable bonds is 8. The second-order valence-corrected chi connectivity index (χ2v) is 8.35. The van der Waals surface area contributed by atoms with Crippen LogP contribution in [-0.4, -0.2) is 22.1 Å². The summed E-state index contributed by atoms with van der Waals surface area (Å²) in [4.78, 5) is 17.6. The Kier molecular flexibility index (Phi) is 6.25. The van der Waals surface area contributed by atoms with Gasteiger partial charge in [0.15, 0.2) is 0 Å². The maximum absolute atomic E-state index is 12.7. The molecular weight excluding hydrogens is 422 g/mol. The molecular formula is C29H27N3O2. The van der Waals surface area contributed by atoms with Crippen LogP contribution in [0.25, 0.3) is 21.8 Å². The van der Waals surface area contributed by atoms with Crippen LogP contribution in [0.15, 0.2) is 97.1 Å². The molecule has 5 rings (SSSR count). The largest absolute Gasteiger partial charge is 0.493 e. The highest BCUT2D eigenvalue weighted by atomic mass is 16.5. The Balaban J connectivity index is 1.31. The summed E-state index contributed by atoms with van der Waals surface area (Å²) in [6.45, 7) is 3.31. The van der Waals surface area contributed by atoms with Gasteiger partial charge < -0.3 is 14.6 Å². The molecule has 34 heavy (non-hydrogen) atoms. The zero-order valence-corrected chi connectivity index (χ0v) is 19.1. The van der Waals surface area contributed by atoms with Crippen molar-refractivity contribution in [3.63, 3.8) is 0 Å². The van der Waals surface area contributed by atoms with E-state index >= 15 is 0 Å². The molecule has 1 heterocycles. The minimum absolute atomic E-state index is 0.106. The van der Waals surface area contributed by atoms with Crippen molar-refractivity contribution in [2.24, 2.45) is 0 Å². The Bertz CT molecular complexity index is 1420. The van der Waals surface area contributed by atoms with Gasteiger partial charge in [-0.3, -0.25) is 4.79 Å². The number of carbonyl (C=O) groups is 1. The summed E-state index contributed by atoms with van der Waals surface area (Å²) < 4.78 is 8.34. The van der Waals surface area contributed by atoms with Gasteiger partial charge in [-0.1, -0.05) is 66.7 Å². The molecule has 0 aliphatic carbocycles. The lowest BCUT2D eigenvalue weighted by Gasteiger charge is -2.17. The molecule has 0 aliphatic heterocycles. The predicted molar refractivity (Wildman–Crippen MR) is 136 cm³/mol. The lowest BCUT2D eigenvalue weighted by molar-refractivity contribution is 0.0937. The van der Waals surface area contributed by atoms with Gasteiger partial charge in [0.05, 0.1) is 23.7 Å². The molecule has 0 bridgehead atoms. The van der Waals surface area contributed by atoms with E-state index in [9.17, 15) is 4.79 Å². The van der Waals surface area contributed by atoms with Crippen LogP contribution in [0.3, 0.4) is 0 Å². The first-order valence-corrected chi connectivity index (χ1v) is 11.6. The summed E-state index contributed by atoms with van der Waals surface area (Å²) in [6.07, 6.45) is 0.815. The number of nitrogens with one attached hydrogen (secondary N) is 1. The Hall–Kier alpha value is -4.12. The molecule has 0 saturated carbocycles. The molecule has 1 N–H and O–H groups in total. The van der Waals surface area contributed by atoms with Crippen molar-refractivity contribution in [2.45, 2.75) is 25.9 Å². The quantitative estimate of drug-likeness (QED) is 0.289. The van der Waals surface area contributed by atoms with Gasteiger partial charge in [0, 0.05) is 17.5 Å². The molecule has 1 atom stereocenters. The molecule has 0 aliphatic rings. The first-order valence-electron chi connectivity index (χ1n) is 11.6. The van der Waals surface area contributed by atoms with E-state index in [1.807, 2.05) is 79.7 Å². The van der Waals surface area contributed by atoms with Crippen molar-refractivity contribution in [1.29, 1.82) is 0 Å². The number of hydrogen-bond acceptors (Lipinski definition) is 3. The Morgan fingerprint density at radius 3 is 2.53 bits per heavy atom. The number of fused-ring (bicyclic) bond motifs is 2. The Labute approximate surface area is 199 Å². The van der Waals surface area contributed by atoms with Crippen LogP contribution < -0.4 is 10.1 Å². The van der Waals surface area contributed by atoms with Gasteiger partial charge in [-0.2, -0.15) is 0 Å². The lowest BCUT2D eigenvalue weighted by Crippen LogP contribution is -2.28. The third kappa shape index (κ3) is 4.50. The molecule has 1 amide bonds. The van der Waals surface area contributed by atoms with Crippen molar-refractivity contribution >= 4 is 27.7 Å². The smallest absolute Gasteiger partial charge is 0.251 e. The first kappa shape index (κ1) is 21.7. The highest BCUT2D eigenvalue weighted by Crippen LogP contribution is 2.26. The third-order valence-corrected chi connectivity index (χ3v) is 5.99. The number of ether oxygens (including phenoxy) is 1. The summed E-state index contributed by atoms with van der Waals surface area (Å²) in [5, 5.41) is 5.39. The van der Waals surface area contributed by atoms with E-state index in [1.54, 1.807) is 0 Å². The van der Waals surface area contributed by atoms with Crippen molar-refractivity contribution in [1.82, 2.24) is 14.9 Å². The highest BCUT2D eigenvalue weighted by Gasteiger charge is 2.19. The van der Waals surface area contributed by atoms with E-state index in [0.717, 1.165) is 41.0 Å². The molecule has 170 valence electrons. The van der Waals surface area contributed by atoms with Crippen molar-refractivity contribution in [2.75, 3.05) is 6.61 Å². The Morgan fingerprint density at radius 2 is 1.65 bits per heavy atom. The van der Waals surface area contributed by atoms with Crippen LogP contribution in [0.1, 0.15) is 35.6 Å². The van der Waals surface area contributed by atoms with Crippen LogP contribution in [0.4, 0.5) is 0 Å². The lowest BCUT2D eigenvalue weighted by atomic mass is 10.1. The van der Waals surface area contributed by atoms with Crippen LogP contribution in [-0.2, 0) is 6.54 Å². The van der Waals surface area contributed by atoms with Crippen LogP contribution in [0.5, 0.6) is 5.75 Å². The summed E-state index contributed by atoms with van der Waals surface area (Å²) in [5.74, 6) is 1.64. The Morgan fingerprint density at radius 1 is 0.912 bits per heavy atom. The van der Waals surface area contributed by atoms with Crippen LogP contribution in [0.2, 0.25) is 0 Å². The van der Waals surface area contributed by atoms with Gasteiger partial charge >= 0.3 is 0 Å². The molecule has 5 aromatic rings. The van der Waals surface area contributed by atoms with E-state index in [0.29, 0.717) is 12.2 Å². The summed E-state index contributed by atoms with van der Waals surface area (Å²) in [7, 11) is 0. The minimum Gasteiger partial charge on any atom is -0.493 e. The van der Waals surface area contributed by atoms with E-state index in [2.05, 4.69) is 34.1 Å². The van der Waals surface area contributed by atoms with Gasteiger partial charge in [0.2, 0.25) is 0 Å². The SMILES string of the molecule is CC(NC(=O)c1ccccc1)c1nc2ccccc2n1CCCOc1cccc2ccccc12. The molecule has 5 heteroatoms. The van der Waals surface area contributed by atoms with Gasteiger partial charge in [0.25, 0.3) is 5.91 Å². The summed E-state index contributed by atoms with van der Waals surface area (Å²) >= 11 is 0. The summed E-state index contributed by atoms with van der Waals surface area (Å²) in [5.41, 5.74) is 2.62. The zero-order valence-electron chi connectivity index (χ0n) is 19.1. The molecule has 5 nitrogen and oxygen atoms in total. The predicted octanol–water partition coefficient (Wildman–Crippen LogP) is 6.15. The number of nitrogens with zero attached hydrogens (tertiary/aromatic N) is 2. The summed E-state index contributed by atoms with van der Waals surface area (Å²) in [6, 6.07) is 31.5. The number of amides is 1. The molecule has 1 aromatic heterocycles. The maximum atomic E-state index is 12.7. The average molecular weight is 450 g/mol. The molecule has 0 radical (unpaired) electrons. The van der Waals surface area contributed by atoms with Crippen LogP contribution in [0, 0.1) is 0 Å². The number of hydrogen-bond donors (Lipinski definition) is 1. The number of para-hydroxylation sites is 2. The van der Waals surface area contributed by atoms with Crippen LogP contribution >= 0.6 is 0 Å². The number of aryl methyl sites for hydroxylation is 1. The number of aromatic nitrogens is 2. The minimum atomic E-state index is -0.237. The van der Waals surface area contributed by atoms with E-state index < -0.39 is 0 Å². The maximum Gasteiger partial charge on any atom is 0.251 e. The van der Waals surface area contributed by atoms with Gasteiger partial charge in [-0.25, -0.2) is 4.98 Å². The van der Waals surface area contributed by atoms with Gasteiger partial charge in [-0.15, -0.1) is 0 Å². The second kappa shape index (κ2) is 9.79. The second-order valence-electron chi connectivity index (χ2n) is 8.35. The van der Waals surface area contributed by atoms with Crippen molar-refractivity contribution in [3.05, 3.63) is 108 Å². The average Bonchev–Trinajstić information content (AvgIpc) is 3.26.